The molecule has 0 aromatic heterocycles. The van der Waals surface area contributed by atoms with Gasteiger partial charge in [0.05, 0.1) is 0 Å². The monoisotopic (exact) mass is 510 g/mol. The fraction of sp³-hybridized carbons (Fsp3) is 0.520. The summed E-state index contributed by atoms with van der Waals surface area (Å²) in [5.74, 6) is 1.05. The molecule has 0 heterocycles. The summed E-state index contributed by atoms with van der Waals surface area (Å²) in [5, 5.41) is 10.8. The minimum Gasteiger partial charge on any atom is -1.00 e. The van der Waals surface area contributed by atoms with Gasteiger partial charge < -0.3 is 40.8 Å². The van der Waals surface area contributed by atoms with Crippen molar-refractivity contribution < 1.29 is 41.6 Å². The molecule has 0 aliphatic carbocycles. The van der Waals surface area contributed by atoms with Gasteiger partial charge in [0.2, 0.25) is 0 Å². The second-order valence-electron chi connectivity index (χ2n) is 8.50. The molecule has 2 aromatic rings. The van der Waals surface area contributed by atoms with E-state index in [-0.39, 0.29) is 41.6 Å². The van der Waals surface area contributed by atoms with Crippen LogP contribution in [0.15, 0.2) is 30.3 Å². The summed E-state index contributed by atoms with van der Waals surface area (Å²) in [5.41, 5.74) is 9.41. The average Bonchev–Trinajstić information content (AvgIpc) is 2.62. The van der Waals surface area contributed by atoms with Crippen LogP contribution in [0.1, 0.15) is 67.3 Å². The standard InChI is InChI=1S/C25H39N3.2ClH.Co/c1-17(2)22-9-8-10-23(18(3)4)25(22)28-14-12-26-11-13-27-24-20(6)15-19(5)16-21(24)7;;;/h8-10,15-18,26-28H,11-14H2,1-7H3;2*1H;/q;;;+2/p-2. The van der Waals surface area contributed by atoms with Gasteiger partial charge >= 0.3 is 16.8 Å². The number of para-hydroxylation sites is 1. The molecule has 0 amide bonds. The van der Waals surface area contributed by atoms with Crippen molar-refractivity contribution in [2.24, 2.45) is 0 Å². The maximum atomic E-state index is 3.69. The van der Waals surface area contributed by atoms with Crippen LogP contribution in [0.4, 0.5) is 11.4 Å². The third-order valence-corrected chi connectivity index (χ3v) is 5.26. The molecule has 0 aliphatic rings. The number of halogens is 2. The molecule has 1 radical (unpaired) electrons. The SMILES string of the molecule is Cc1cc(C)c(NCCNCCNc2c(C(C)C)cccc2C(C)C)c(C)c1.[Cl-].[Cl-].[Co+2]. The van der Waals surface area contributed by atoms with E-state index in [0.717, 1.165) is 26.2 Å². The Balaban J connectivity index is 0. The van der Waals surface area contributed by atoms with Crippen molar-refractivity contribution in [2.75, 3.05) is 36.8 Å². The van der Waals surface area contributed by atoms with Crippen LogP contribution in [0.3, 0.4) is 0 Å². The number of benzene rings is 2. The third kappa shape index (κ3) is 9.63. The van der Waals surface area contributed by atoms with Gasteiger partial charge in [0.1, 0.15) is 0 Å². The number of rotatable bonds is 10. The van der Waals surface area contributed by atoms with E-state index in [1.165, 1.54) is 39.2 Å². The van der Waals surface area contributed by atoms with Crippen molar-refractivity contribution in [2.45, 2.75) is 60.3 Å². The molecule has 0 spiro atoms. The first-order valence-corrected chi connectivity index (χ1v) is 10.7. The molecule has 0 atom stereocenters. The van der Waals surface area contributed by atoms with Crippen LogP contribution in [-0.4, -0.2) is 26.2 Å². The quantitative estimate of drug-likeness (QED) is 0.393. The smallest absolute Gasteiger partial charge is 1.00 e. The largest absolute Gasteiger partial charge is 2.00 e. The van der Waals surface area contributed by atoms with Crippen LogP contribution in [0.5, 0.6) is 0 Å². The number of hydrogen-bond acceptors (Lipinski definition) is 3. The van der Waals surface area contributed by atoms with E-state index in [1.807, 2.05) is 0 Å². The van der Waals surface area contributed by atoms with Gasteiger partial charge in [-0.25, -0.2) is 0 Å². The van der Waals surface area contributed by atoms with E-state index in [9.17, 15) is 0 Å². The van der Waals surface area contributed by atoms with Gasteiger partial charge in [0.25, 0.3) is 0 Å². The van der Waals surface area contributed by atoms with Gasteiger partial charge in [-0.1, -0.05) is 63.6 Å². The predicted molar refractivity (Wildman–Crippen MR) is 125 cm³/mol. The molecule has 0 saturated carbocycles. The predicted octanol–water partition coefficient (Wildman–Crippen LogP) is -0.0222. The third-order valence-electron chi connectivity index (χ3n) is 5.26. The Morgan fingerprint density at radius 1 is 0.677 bits per heavy atom. The van der Waals surface area contributed by atoms with Gasteiger partial charge in [-0.05, 0) is 54.9 Å². The van der Waals surface area contributed by atoms with Crippen molar-refractivity contribution in [3.05, 3.63) is 58.1 Å². The summed E-state index contributed by atoms with van der Waals surface area (Å²) < 4.78 is 0. The number of anilines is 2. The molecule has 2 rings (SSSR count). The molecule has 0 saturated heterocycles. The number of nitrogens with one attached hydrogen (secondary N) is 3. The van der Waals surface area contributed by atoms with Gasteiger partial charge in [0.15, 0.2) is 0 Å². The molecule has 0 fully saturated rings. The summed E-state index contributed by atoms with van der Waals surface area (Å²) in [6.45, 7) is 19.4. The zero-order valence-corrected chi connectivity index (χ0v) is 22.5. The first-order valence-electron chi connectivity index (χ1n) is 10.7. The Hall–Kier alpha value is -0.914. The Labute approximate surface area is 213 Å². The number of hydrogen-bond donors (Lipinski definition) is 3. The first-order chi connectivity index (χ1) is 13.3. The van der Waals surface area contributed by atoms with Crippen LogP contribution >= 0.6 is 0 Å². The molecular formula is C25H39Cl2CoN3. The average molecular weight is 511 g/mol. The first kappa shape index (κ1) is 32.3. The van der Waals surface area contributed by atoms with E-state index in [0.29, 0.717) is 11.8 Å². The zero-order chi connectivity index (χ0) is 20.7. The summed E-state index contributed by atoms with van der Waals surface area (Å²) in [6, 6.07) is 11.2. The fourth-order valence-electron chi connectivity index (χ4n) is 3.89. The summed E-state index contributed by atoms with van der Waals surface area (Å²) >= 11 is 0. The molecular weight excluding hydrogens is 472 g/mol. The van der Waals surface area contributed by atoms with Gasteiger partial charge in [0, 0.05) is 37.6 Å². The van der Waals surface area contributed by atoms with Gasteiger partial charge in [-0.3, -0.25) is 0 Å². The minimum absolute atomic E-state index is 0. The van der Waals surface area contributed by atoms with Crippen LogP contribution in [0.25, 0.3) is 0 Å². The van der Waals surface area contributed by atoms with Crippen molar-refractivity contribution in [1.82, 2.24) is 5.32 Å². The molecule has 177 valence electrons. The van der Waals surface area contributed by atoms with E-state index in [2.05, 4.69) is 94.7 Å². The molecule has 0 aliphatic heterocycles. The molecule has 0 bridgehead atoms. The maximum absolute atomic E-state index is 3.69. The van der Waals surface area contributed by atoms with E-state index in [1.54, 1.807) is 0 Å². The molecule has 3 nitrogen and oxygen atoms in total. The maximum Gasteiger partial charge on any atom is 2.00 e. The second kappa shape index (κ2) is 15.8. The topological polar surface area (TPSA) is 36.1 Å². The van der Waals surface area contributed by atoms with Crippen LogP contribution in [0.2, 0.25) is 0 Å². The molecule has 3 N–H and O–H groups in total. The molecule has 2 aromatic carbocycles. The van der Waals surface area contributed by atoms with Crippen molar-refractivity contribution in [1.29, 1.82) is 0 Å². The Morgan fingerprint density at radius 2 is 1.10 bits per heavy atom. The van der Waals surface area contributed by atoms with Crippen LogP contribution in [-0.2, 0) is 16.8 Å². The summed E-state index contributed by atoms with van der Waals surface area (Å²) in [6.07, 6.45) is 0. The second-order valence-corrected chi connectivity index (χ2v) is 8.50. The Kier molecular flexibility index (Phi) is 16.5. The zero-order valence-electron chi connectivity index (χ0n) is 20.0. The van der Waals surface area contributed by atoms with Gasteiger partial charge in [-0.2, -0.15) is 0 Å². The van der Waals surface area contributed by atoms with Crippen LogP contribution in [0, 0.1) is 20.8 Å². The summed E-state index contributed by atoms with van der Waals surface area (Å²) in [4.78, 5) is 0. The Bertz CT molecular complexity index is 730. The van der Waals surface area contributed by atoms with E-state index in [4.69, 9.17) is 0 Å². The Morgan fingerprint density at radius 3 is 1.52 bits per heavy atom. The minimum atomic E-state index is 0. The van der Waals surface area contributed by atoms with Crippen LogP contribution < -0.4 is 40.8 Å². The molecule has 6 heteroatoms. The van der Waals surface area contributed by atoms with E-state index < -0.39 is 0 Å². The molecule has 0 unspecified atom stereocenters. The fourth-order valence-corrected chi connectivity index (χ4v) is 3.89. The van der Waals surface area contributed by atoms with Crippen molar-refractivity contribution in [3.8, 4) is 0 Å². The molecule has 31 heavy (non-hydrogen) atoms. The van der Waals surface area contributed by atoms with Gasteiger partial charge in [-0.15, -0.1) is 0 Å². The number of aryl methyl sites for hydroxylation is 3. The summed E-state index contributed by atoms with van der Waals surface area (Å²) in [7, 11) is 0. The van der Waals surface area contributed by atoms with Crippen molar-refractivity contribution in [3.63, 3.8) is 0 Å². The van der Waals surface area contributed by atoms with Crippen molar-refractivity contribution >= 4 is 11.4 Å². The van der Waals surface area contributed by atoms with E-state index >= 15 is 0 Å². The normalized spacial score (nSPS) is 10.2.